The first-order chi connectivity index (χ1) is 9.67. The number of hydrogen-bond donors (Lipinski definition) is 0. The van der Waals surface area contributed by atoms with Gasteiger partial charge in [0, 0.05) is 19.2 Å². The molecule has 0 saturated carbocycles. The Morgan fingerprint density at radius 1 is 1.05 bits per heavy atom. The molecular weight excluding hydrogens is 246 g/mol. The van der Waals surface area contributed by atoms with Crippen molar-refractivity contribution in [1.29, 1.82) is 0 Å². The van der Waals surface area contributed by atoms with Crippen LogP contribution in [0.5, 0.6) is 0 Å². The molecule has 2 nitrogen and oxygen atoms in total. The van der Waals surface area contributed by atoms with Crippen molar-refractivity contribution in [2.45, 2.75) is 46.5 Å². The van der Waals surface area contributed by atoms with Crippen molar-refractivity contribution in [3.8, 4) is 0 Å². The van der Waals surface area contributed by atoms with E-state index < -0.39 is 0 Å². The molecule has 0 aliphatic heterocycles. The van der Waals surface area contributed by atoms with Crippen LogP contribution in [-0.4, -0.2) is 23.9 Å². The number of aryl methyl sites for hydroxylation is 1. The summed E-state index contributed by atoms with van der Waals surface area (Å²) in [7, 11) is 0. The van der Waals surface area contributed by atoms with Crippen LogP contribution in [0, 0.1) is 6.92 Å². The lowest BCUT2D eigenvalue weighted by Gasteiger charge is -2.20. The lowest BCUT2D eigenvalue weighted by molar-refractivity contribution is -0.126. The summed E-state index contributed by atoms with van der Waals surface area (Å²) < 4.78 is 0. The molecule has 1 rings (SSSR count). The molecule has 110 valence electrons. The van der Waals surface area contributed by atoms with Gasteiger partial charge >= 0.3 is 0 Å². The van der Waals surface area contributed by atoms with Crippen LogP contribution in [0.2, 0.25) is 0 Å². The van der Waals surface area contributed by atoms with E-state index >= 15 is 0 Å². The molecule has 0 aromatic heterocycles. The van der Waals surface area contributed by atoms with Gasteiger partial charge in [0.15, 0.2) is 0 Å². The van der Waals surface area contributed by atoms with Gasteiger partial charge in [-0.2, -0.15) is 0 Å². The Labute approximate surface area is 123 Å². The molecule has 0 radical (unpaired) electrons. The molecule has 0 spiro atoms. The van der Waals surface area contributed by atoms with Crippen LogP contribution < -0.4 is 0 Å². The SMILES string of the molecule is CCCCN(CCCC)C(=O)/C=C/c1ccc(C)cc1. The minimum absolute atomic E-state index is 0.132. The van der Waals surface area contributed by atoms with Gasteiger partial charge in [-0.3, -0.25) is 4.79 Å². The Morgan fingerprint density at radius 3 is 2.10 bits per heavy atom. The Bertz CT molecular complexity index is 412. The minimum Gasteiger partial charge on any atom is -0.339 e. The molecule has 0 saturated heterocycles. The van der Waals surface area contributed by atoms with Crippen LogP contribution in [0.3, 0.4) is 0 Å². The molecule has 0 unspecified atom stereocenters. The summed E-state index contributed by atoms with van der Waals surface area (Å²) in [5, 5.41) is 0. The Hall–Kier alpha value is -1.57. The second-order valence-corrected chi connectivity index (χ2v) is 5.28. The monoisotopic (exact) mass is 273 g/mol. The fraction of sp³-hybridized carbons (Fsp3) is 0.500. The average Bonchev–Trinajstić information content (AvgIpc) is 2.46. The lowest BCUT2D eigenvalue weighted by atomic mass is 10.1. The zero-order valence-corrected chi connectivity index (χ0v) is 13.1. The highest BCUT2D eigenvalue weighted by atomic mass is 16.2. The summed E-state index contributed by atoms with van der Waals surface area (Å²) in [6, 6.07) is 8.22. The fourth-order valence-corrected chi connectivity index (χ4v) is 1.98. The highest BCUT2D eigenvalue weighted by Crippen LogP contribution is 2.06. The normalized spacial score (nSPS) is 10.9. The van der Waals surface area contributed by atoms with Gasteiger partial charge in [-0.05, 0) is 31.4 Å². The topological polar surface area (TPSA) is 20.3 Å². The van der Waals surface area contributed by atoms with Crippen molar-refractivity contribution in [2.75, 3.05) is 13.1 Å². The summed E-state index contributed by atoms with van der Waals surface area (Å²) in [6.45, 7) is 8.12. The van der Waals surface area contributed by atoms with E-state index in [2.05, 4.69) is 32.9 Å². The van der Waals surface area contributed by atoms with Crippen molar-refractivity contribution in [2.24, 2.45) is 0 Å². The van der Waals surface area contributed by atoms with E-state index in [9.17, 15) is 4.79 Å². The van der Waals surface area contributed by atoms with E-state index in [-0.39, 0.29) is 5.91 Å². The van der Waals surface area contributed by atoms with Crippen LogP contribution in [0.4, 0.5) is 0 Å². The predicted molar refractivity (Wildman–Crippen MR) is 86.6 cm³/mol. The molecule has 0 fully saturated rings. The van der Waals surface area contributed by atoms with E-state index in [1.807, 2.05) is 23.1 Å². The zero-order valence-electron chi connectivity index (χ0n) is 13.1. The van der Waals surface area contributed by atoms with Crippen LogP contribution in [-0.2, 0) is 4.79 Å². The van der Waals surface area contributed by atoms with Gasteiger partial charge in [0.05, 0.1) is 0 Å². The van der Waals surface area contributed by atoms with Gasteiger partial charge in [0.25, 0.3) is 0 Å². The number of hydrogen-bond acceptors (Lipinski definition) is 1. The minimum atomic E-state index is 0.132. The molecule has 2 heteroatoms. The second-order valence-electron chi connectivity index (χ2n) is 5.28. The molecule has 0 N–H and O–H groups in total. The number of benzene rings is 1. The third-order valence-corrected chi connectivity index (χ3v) is 3.37. The number of unbranched alkanes of at least 4 members (excludes halogenated alkanes) is 2. The van der Waals surface area contributed by atoms with Gasteiger partial charge in [-0.1, -0.05) is 56.5 Å². The molecule has 20 heavy (non-hydrogen) atoms. The number of carbonyl (C=O) groups is 1. The molecule has 0 heterocycles. The van der Waals surface area contributed by atoms with Crippen LogP contribution in [0.25, 0.3) is 6.08 Å². The molecule has 0 aliphatic carbocycles. The van der Waals surface area contributed by atoms with Crippen LogP contribution in [0.1, 0.15) is 50.7 Å². The molecule has 0 atom stereocenters. The van der Waals surface area contributed by atoms with E-state index in [1.165, 1.54) is 5.56 Å². The Balaban J connectivity index is 2.61. The molecule has 1 aromatic carbocycles. The van der Waals surface area contributed by atoms with Crippen molar-refractivity contribution >= 4 is 12.0 Å². The third kappa shape index (κ3) is 6.05. The lowest BCUT2D eigenvalue weighted by Crippen LogP contribution is -2.31. The fourth-order valence-electron chi connectivity index (χ4n) is 1.98. The standard InChI is InChI=1S/C18H27NO/c1-4-6-14-19(15-7-5-2)18(20)13-12-17-10-8-16(3)9-11-17/h8-13H,4-7,14-15H2,1-3H3/b13-12+. The van der Waals surface area contributed by atoms with Crippen LogP contribution >= 0.6 is 0 Å². The first-order valence-electron chi connectivity index (χ1n) is 7.71. The molecular formula is C18H27NO. The van der Waals surface area contributed by atoms with Crippen molar-refractivity contribution in [3.05, 3.63) is 41.5 Å². The van der Waals surface area contributed by atoms with Crippen LogP contribution in [0.15, 0.2) is 30.3 Å². The molecule has 0 aliphatic rings. The highest BCUT2D eigenvalue weighted by Gasteiger charge is 2.08. The number of rotatable bonds is 8. The molecule has 0 bridgehead atoms. The first kappa shape index (κ1) is 16.5. The zero-order chi connectivity index (χ0) is 14.8. The van der Waals surface area contributed by atoms with Gasteiger partial charge in [0.1, 0.15) is 0 Å². The summed E-state index contributed by atoms with van der Waals surface area (Å²) in [5.74, 6) is 0.132. The largest absolute Gasteiger partial charge is 0.339 e. The maximum Gasteiger partial charge on any atom is 0.246 e. The van der Waals surface area contributed by atoms with E-state index in [0.717, 1.165) is 44.3 Å². The Morgan fingerprint density at radius 2 is 1.60 bits per heavy atom. The summed E-state index contributed by atoms with van der Waals surface area (Å²) in [5.41, 5.74) is 2.32. The van der Waals surface area contributed by atoms with E-state index in [0.29, 0.717) is 0 Å². The van der Waals surface area contributed by atoms with E-state index in [4.69, 9.17) is 0 Å². The van der Waals surface area contributed by atoms with Gasteiger partial charge in [-0.15, -0.1) is 0 Å². The summed E-state index contributed by atoms with van der Waals surface area (Å²) >= 11 is 0. The number of amides is 1. The molecule has 1 aromatic rings. The predicted octanol–water partition coefficient (Wildman–Crippen LogP) is 4.44. The van der Waals surface area contributed by atoms with Crippen molar-refractivity contribution in [1.82, 2.24) is 4.90 Å². The van der Waals surface area contributed by atoms with Gasteiger partial charge in [0.2, 0.25) is 5.91 Å². The van der Waals surface area contributed by atoms with Crippen molar-refractivity contribution in [3.63, 3.8) is 0 Å². The van der Waals surface area contributed by atoms with E-state index in [1.54, 1.807) is 6.08 Å². The maximum atomic E-state index is 12.2. The number of carbonyl (C=O) groups excluding carboxylic acids is 1. The van der Waals surface area contributed by atoms with Crippen molar-refractivity contribution < 1.29 is 4.79 Å². The van der Waals surface area contributed by atoms with Gasteiger partial charge in [-0.25, -0.2) is 0 Å². The average molecular weight is 273 g/mol. The summed E-state index contributed by atoms with van der Waals surface area (Å²) in [4.78, 5) is 14.2. The maximum absolute atomic E-state index is 12.2. The second kappa shape index (κ2) is 9.35. The molecule has 1 amide bonds. The first-order valence-corrected chi connectivity index (χ1v) is 7.71. The Kier molecular flexibility index (Phi) is 7.71. The smallest absolute Gasteiger partial charge is 0.246 e. The number of nitrogens with zero attached hydrogens (tertiary/aromatic N) is 1. The van der Waals surface area contributed by atoms with Gasteiger partial charge < -0.3 is 4.90 Å². The summed E-state index contributed by atoms with van der Waals surface area (Å²) in [6.07, 6.45) is 8.01. The quantitative estimate of drug-likeness (QED) is 0.641. The highest BCUT2D eigenvalue weighted by molar-refractivity contribution is 5.91. The third-order valence-electron chi connectivity index (χ3n) is 3.37.